The largest absolute Gasteiger partial charge is 0.368 e. The first-order valence-electron chi connectivity index (χ1n) is 4.36. The number of hydrogen-bond acceptors (Lipinski definition) is 4. The van der Waals surface area contributed by atoms with Gasteiger partial charge in [0.2, 0.25) is 5.91 Å². The molecule has 2 N–H and O–H groups in total. The molecule has 0 radical (unpaired) electrons. The first kappa shape index (κ1) is 10.9. The lowest BCUT2D eigenvalue weighted by Gasteiger charge is -1.97. The van der Waals surface area contributed by atoms with Crippen LogP contribution in [0.1, 0.15) is 10.9 Å². The Morgan fingerprint density at radius 1 is 1.62 bits per heavy atom. The minimum Gasteiger partial charge on any atom is -0.368 e. The van der Waals surface area contributed by atoms with E-state index in [1.807, 2.05) is 6.07 Å². The Hall–Kier alpha value is -1.64. The number of nitrogens with zero attached hydrogens (tertiary/aromatic N) is 2. The third-order valence-electron chi connectivity index (χ3n) is 2.03. The molecule has 0 aliphatic heterocycles. The Morgan fingerprint density at radius 2 is 2.38 bits per heavy atom. The van der Waals surface area contributed by atoms with E-state index >= 15 is 0 Å². The Morgan fingerprint density at radius 3 is 3.00 bits per heavy atom. The molecular weight excluding hydrogens is 246 g/mol. The third-order valence-corrected chi connectivity index (χ3v) is 3.36. The van der Waals surface area contributed by atoms with Gasteiger partial charge in [-0.15, -0.1) is 11.3 Å². The van der Waals surface area contributed by atoms with Crippen LogP contribution in [-0.4, -0.2) is 10.9 Å². The molecule has 4 nitrogen and oxygen atoms in total. The molecule has 0 spiro atoms. The van der Waals surface area contributed by atoms with Crippen molar-refractivity contribution in [1.29, 1.82) is 5.26 Å². The van der Waals surface area contributed by atoms with Crippen LogP contribution in [0.2, 0.25) is 5.02 Å². The van der Waals surface area contributed by atoms with Gasteiger partial charge in [-0.2, -0.15) is 5.26 Å². The maximum Gasteiger partial charge on any atom is 0.241 e. The summed E-state index contributed by atoms with van der Waals surface area (Å²) in [4.78, 5) is 15.2. The maximum absolute atomic E-state index is 11.0. The van der Waals surface area contributed by atoms with E-state index in [0.717, 1.165) is 4.70 Å². The van der Waals surface area contributed by atoms with Crippen molar-refractivity contribution in [3.8, 4) is 6.07 Å². The molecule has 1 aromatic carbocycles. The number of fused-ring (bicyclic) bond motifs is 1. The molecule has 80 valence electrons. The van der Waals surface area contributed by atoms with Crippen LogP contribution in [0.3, 0.4) is 0 Å². The zero-order valence-corrected chi connectivity index (χ0v) is 9.55. The second-order valence-electron chi connectivity index (χ2n) is 3.13. The summed E-state index contributed by atoms with van der Waals surface area (Å²) in [6.45, 7) is 0. The van der Waals surface area contributed by atoms with Gasteiger partial charge in [-0.1, -0.05) is 11.6 Å². The number of hydrogen-bond donors (Lipinski definition) is 1. The topological polar surface area (TPSA) is 79.8 Å². The van der Waals surface area contributed by atoms with Crippen molar-refractivity contribution < 1.29 is 4.79 Å². The molecule has 1 aromatic heterocycles. The van der Waals surface area contributed by atoms with Crippen molar-refractivity contribution in [2.45, 2.75) is 5.92 Å². The van der Waals surface area contributed by atoms with Crippen molar-refractivity contribution in [2.24, 2.45) is 5.73 Å². The average Bonchev–Trinajstić information content (AvgIpc) is 2.60. The zero-order chi connectivity index (χ0) is 11.7. The smallest absolute Gasteiger partial charge is 0.241 e. The zero-order valence-electron chi connectivity index (χ0n) is 7.98. The predicted molar refractivity (Wildman–Crippen MR) is 62.2 cm³/mol. The Kier molecular flexibility index (Phi) is 2.77. The number of primary amides is 1. The molecule has 0 fully saturated rings. The molecule has 1 heterocycles. The van der Waals surface area contributed by atoms with Crippen LogP contribution in [0.5, 0.6) is 0 Å². The minimum absolute atomic E-state index is 0.410. The van der Waals surface area contributed by atoms with Gasteiger partial charge in [0.15, 0.2) is 5.92 Å². The molecule has 2 aromatic rings. The van der Waals surface area contributed by atoms with Crippen LogP contribution in [0.15, 0.2) is 18.2 Å². The summed E-state index contributed by atoms with van der Waals surface area (Å²) in [5.74, 6) is -1.68. The number of carbonyl (C=O) groups is 1. The van der Waals surface area contributed by atoms with Gasteiger partial charge in [-0.05, 0) is 18.2 Å². The summed E-state index contributed by atoms with van der Waals surface area (Å²) in [6.07, 6.45) is 0. The van der Waals surface area contributed by atoms with Gasteiger partial charge >= 0.3 is 0 Å². The molecule has 0 aliphatic rings. The minimum atomic E-state index is -0.990. The van der Waals surface area contributed by atoms with Gasteiger partial charge in [-0.25, -0.2) is 4.98 Å². The summed E-state index contributed by atoms with van der Waals surface area (Å²) in [6, 6.07) is 7.05. The normalized spacial score (nSPS) is 12.2. The fraction of sp³-hybridized carbons (Fsp3) is 0.100. The number of nitrogens with two attached hydrogens (primary N) is 1. The maximum atomic E-state index is 11.0. The van der Waals surface area contributed by atoms with Crippen LogP contribution >= 0.6 is 22.9 Å². The van der Waals surface area contributed by atoms with E-state index in [1.165, 1.54) is 11.3 Å². The Labute approximate surface area is 100 Å². The molecule has 1 amide bonds. The van der Waals surface area contributed by atoms with E-state index in [2.05, 4.69) is 4.98 Å². The lowest BCUT2D eigenvalue weighted by Crippen LogP contribution is -2.19. The molecule has 16 heavy (non-hydrogen) atoms. The first-order chi connectivity index (χ1) is 7.61. The van der Waals surface area contributed by atoms with E-state index < -0.39 is 11.8 Å². The summed E-state index contributed by atoms with van der Waals surface area (Å²) >= 11 is 7.09. The number of carbonyl (C=O) groups excluding carboxylic acids is 1. The van der Waals surface area contributed by atoms with Crippen molar-refractivity contribution in [3.63, 3.8) is 0 Å². The molecule has 6 heteroatoms. The number of thiazole rings is 1. The van der Waals surface area contributed by atoms with Crippen molar-refractivity contribution in [3.05, 3.63) is 28.2 Å². The third kappa shape index (κ3) is 1.85. The highest BCUT2D eigenvalue weighted by Crippen LogP contribution is 2.28. The number of halogens is 1. The molecule has 0 bridgehead atoms. The van der Waals surface area contributed by atoms with Gasteiger partial charge in [0.25, 0.3) is 0 Å². The Balaban J connectivity index is 2.55. The predicted octanol–water partition coefficient (Wildman–Crippen LogP) is 2.04. The van der Waals surface area contributed by atoms with Crippen molar-refractivity contribution >= 4 is 39.1 Å². The summed E-state index contributed by atoms with van der Waals surface area (Å²) in [7, 11) is 0. The van der Waals surface area contributed by atoms with E-state index in [-0.39, 0.29) is 0 Å². The number of nitriles is 1. The highest BCUT2D eigenvalue weighted by molar-refractivity contribution is 7.18. The molecule has 2 rings (SSSR count). The highest BCUT2D eigenvalue weighted by Gasteiger charge is 2.21. The number of benzene rings is 1. The Bertz CT molecular complexity index is 602. The second-order valence-corrected chi connectivity index (χ2v) is 4.63. The van der Waals surface area contributed by atoms with E-state index in [1.54, 1.807) is 18.2 Å². The van der Waals surface area contributed by atoms with E-state index in [4.69, 9.17) is 22.6 Å². The molecule has 0 saturated heterocycles. The van der Waals surface area contributed by atoms with Crippen LogP contribution in [0, 0.1) is 11.3 Å². The van der Waals surface area contributed by atoms with Gasteiger partial charge in [-0.3, -0.25) is 4.79 Å². The molecular formula is C10H6ClN3OS. The van der Waals surface area contributed by atoms with Crippen molar-refractivity contribution in [2.75, 3.05) is 0 Å². The van der Waals surface area contributed by atoms with Crippen LogP contribution in [-0.2, 0) is 4.79 Å². The second kappa shape index (κ2) is 4.08. The fourth-order valence-electron chi connectivity index (χ4n) is 1.28. The summed E-state index contributed by atoms with van der Waals surface area (Å²) in [5, 5.41) is 9.80. The number of aromatic nitrogens is 1. The average molecular weight is 252 g/mol. The van der Waals surface area contributed by atoms with Crippen LogP contribution < -0.4 is 5.73 Å². The summed E-state index contributed by atoms with van der Waals surface area (Å²) in [5.41, 5.74) is 5.79. The highest BCUT2D eigenvalue weighted by atomic mass is 35.5. The quantitative estimate of drug-likeness (QED) is 0.887. The fourth-order valence-corrected chi connectivity index (χ4v) is 2.45. The number of amides is 1. The van der Waals surface area contributed by atoms with Gasteiger partial charge < -0.3 is 5.73 Å². The standard InChI is InChI=1S/C10H6ClN3OS/c11-5-1-2-8-7(3-5)14-10(16-8)6(4-12)9(13)15/h1-3,6H,(H2,13,15). The first-order valence-corrected chi connectivity index (χ1v) is 5.56. The SMILES string of the molecule is N#CC(C(N)=O)c1nc2cc(Cl)ccc2s1. The monoisotopic (exact) mass is 251 g/mol. The van der Waals surface area contributed by atoms with Crippen molar-refractivity contribution in [1.82, 2.24) is 4.98 Å². The molecule has 1 unspecified atom stereocenters. The molecule has 1 atom stereocenters. The number of rotatable bonds is 2. The van der Waals surface area contributed by atoms with Crippen LogP contribution in [0.4, 0.5) is 0 Å². The van der Waals surface area contributed by atoms with Gasteiger partial charge in [0.05, 0.1) is 16.3 Å². The van der Waals surface area contributed by atoms with Crippen LogP contribution in [0.25, 0.3) is 10.2 Å². The van der Waals surface area contributed by atoms with E-state index in [0.29, 0.717) is 15.5 Å². The summed E-state index contributed by atoms with van der Waals surface area (Å²) < 4.78 is 0.876. The van der Waals surface area contributed by atoms with Gasteiger partial charge in [0.1, 0.15) is 5.01 Å². The molecule has 0 aliphatic carbocycles. The molecule has 0 saturated carbocycles. The lowest BCUT2D eigenvalue weighted by molar-refractivity contribution is -0.118. The van der Waals surface area contributed by atoms with E-state index in [9.17, 15) is 4.79 Å². The van der Waals surface area contributed by atoms with Gasteiger partial charge in [0, 0.05) is 5.02 Å². The lowest BCUT2D eigenvalue weighted by atomic mass is 10.2.